The van der Waals surface area contributed by atoms with Gasteiger partial charge in [0.15, 0.2) is 0 Å². The summed E-state index contributed by atoms with van der Waals surface area (Å²) >= 11 is 0. The van der Waals surface area contributed by atoms with Crippen molar-refractivity contribution < 1.29 is 9.90 Å². The van der Waals surface area contributed by atoms with Gasteiger partial charge in [0, 0.05) is 30.5 Å². The second kappa shape index (κ2) is 5.40. The van der Waals surface area contributed by atoms with Crippen molar-refractivity contribution in [2.75, 3.05) is 11.9 Å². The molecule has 2 fully saturated rings. The monoisotopic (exact) mass is 275 g/mol. The third-order valence-electron chi connectivity index (χ3n) is 4.30. The van der Waals surface area contributed by atoms with Crippen LogP contribution in [0.15, 0.2) is 18.3 Å². The average Bonchev–Trinajstić information content (AvgIpc) is 2.71. The van der Waals surface area contributed by atoms with E-state index in [0.717, 1.165) is 25.1 Å². The predicted octanol–water partition coefficient (Wildman–Crippen LogP) is 1.64. The number of piperidine rings is 1. The van der Waals surface area contributed by atoms with Gasteiger partial charge in [-0.15, -0.1) is 0 Å². The molecule has 20 heavy (non-hydrogen) atoms. The van der Waals surface area contributed by atoms with E-state index in [1.54, 1.807) is 6.20 Å². The van der Waals surface area contributed by atoms with Gasteiger partial charge in [-0.2, -0.15) is 0 Å². The topological polar surface area (TPSA) is 65.5 Å². The third-order valence-corrected chi connectivity index (χ3v) is 4.30. The van der Waals surface area contributed by atoms with Crippen LogP contribution in [0.4, 0.5) is 5.69 Å². The number of rotatable bonds is 3. The average molecular weight is 275 g/mol. The molecule has 1 aromatic rings. The second-order valence-electron chi connectivity index (χ2n) is 5.68. The quantitative estimate of drug-likeness (QED) is 0.880. The summed E-state index contributed by atoms with van der Waals surface area (Å²) in [5.74, 6) is 0.00385. The van der Waals surface area contributed by atoms with E-state index in [9.17, 15) is 9.90 Å². The minimum absolute atomic E-state index is 0.00385. The summed E-state index contributed by atoms with van der Waals surface area (Å²) in [4.78, 5) is 18.8. The van der Waals surface area contributed by atoms with Crippen LogP contribution in [0.5, 0.6) is 0 Å². The first-order valence-electron chi connectivity index (χ1n) is 7.39. The Morgan fingerprint density at radius 3 is 2.80 bits per heavy atom. The third kappa shape index (κ3) is 2.38. The molecule has 2 aliphatic heterocycles. The molecule has 2 aliphatic rings. The summed E-state index contributed by atoms with van der Waals surface area (Å²) in [7, 11) is 0. The molecule has 2 bridgehead atoms. The van der Waals surface area contributed by atoms with E-state index < -0.39 is 0 Å². The summed E-state index contributed by atoms with van der Waals surface area (Å²) in [5.41, 5.74) is 1.42. The van der Waals surface area contributed by atoms with Crippen LogP contribution in [-0.4, -0.2) is 45.6 Å². The summed E-state index contributed by atoms with van der Waals surface area (Å²) in [6.45, 7) is 2.84. The normalized spacial score (nSPS) is 28.5. The van der Waals surface area contributed by atoms with E-state index in [0.29, 0.717) is 18.5 Å². The first-order chi connectivity index (χ1) is 9.69. The molecule has 0 aromatic carbocycles. The van der Waals surface area contributed by atoms with Crippen LogP contribution in [-0.2, 0) is 0 Å². The van der Waals surface area contributed by atoms with Crippen LogP contribution in [0, 0.1) is 0 Å². The highest BCUT2D eigenvalue weighted by molar-refractivity contribution is 5.93. The molecule has 2 N–H and O–H groups in total. The van der Waals surface area contributed by atoms with Gasteiger partial charge in [0.2, 0.25) is 0 Å². The van der Waals surface area contributed by atoms with Gasteiger partial charge in [-0.25, -0.2) is 0 Å². The standard InChI is InChI=1S/C15H21N3O2/c1-2-16-10-5-6-17-14(7-10)15(20)18-11-3-4-12(18)9-13(19)8-11/h5-7,11-13,19H,2-4,8-9H2,1H3,(H,16,17). The molecule has 3 heterocycles. The Morgan fingerprint density at radius 1 is 1.45 bits per heavy atom. The minimum atomic E-state index is -0.252. The van der Waals surface area contributed by atoms with E-state index in [1.807, 2.05) is 24.0 Å². The van der Waals surface area contributed by atoms with Crippen LogP contribution < -0.4 is 5.32 Å². The Labute approximate surface area is 119 Å². The van der Waals surface area contributed by atoms with Crippen molar-refractivity contribution in [2.45, 2.75) is 50.8 Å². The summed E-state index contributed by atoms with van der Waals surface area (Å²) in [6.07, 6.45) is 4.83. The van der Waals surface area contributed by atoms with Crippen molar-refractivity contribution in [3.63, 3.8) is 0 Å². The van der Waals surface area contributed by atoms with Gasteiger partial charge in [-0.05, 0) is 44.7 Å². The second-order valence-corrected chi connectivity index (χ2v) is 5.68. The van der Waals surface area contributed by atoms with Crippen molar-refractivity contribution in [3.05, 3.63) is 24.0 Å². The lowest BCUT2D eigenvalue weighted by Crippen LogP contribution is -2.48. The van der Waals surface area contributed by atoms with Crippen LogP contribution in [0.2, 0.25) is 0 Å². The molecule has 1 aromatic heterocycles. The zero-order chi connectivity index (χ0) is 14.1. The number of anilines is 1. The van der Waals surface area contributed by atoms with Gasteiger partial charge in [0.25, 0.3) is 5.91 Å². The molecule has 5 heteroatoms. The van der Waals surface area contributed by atoms with Crippen LogP contribution in [0.3, 0.4) is 0 Å². The molecule has 0 saturated carbocycles. The molecule has 0 aliphatic carbocycles. The first kappa shape index (κ1) is 13.4. The number of amides is 1. The zero-order valence-electron chi connectivity index (χ0n) is 11.7. The molecule has 1 amide bonds. The van der Waals surface area contributed by atoms with Crippen molar-refractivity contribution in [3.8, 4) is 0 Å². The fraction of sp³-hybridized carbons (Fsp3) is 0.600. The number of pyridine rings is 1. The molecule has 5 nitrogen and oxygen atoms in total. The van der Waals surface area contributed by atoms with Gasteiger partial charge < -0.3 is 15.3 Å². The van der Waals surface area contributed by atoms with Crippen LogP contribution >= 0.6 is 0 Å². The number of aliphatic hydroxyl groups excluding tert-OH is 1. The van der Waals surface area contributed by atoms with Crippen molar-refractivity contribution in [1.29, 1.82) is 0 Å². The van der Waals surface area contributed by atoms with Gasteiger partial charge in [-0.3, -0.25) is 9.78 Å². The fourth-order valence-corrected chi connectivity index (χ4v) is 3.47. The van der Waals surface area contributed by atoms with E-state index in [4.69, 9.17) is 0 Å². The maximum atomic E-state index is 12.7. The largest absolute Gasteiger partial charge is 0.393 e. The maximum absolute atomic E-state index is 12.7. The molecule has 0 spiro atoms. The van der Waals surface area contributed by atoms with E-state index in [-0.39, 0.29) is 24.1 Å². The number of aliphatic hydroxyl groups is 1. The molecule has 2 atom stereocenters. The molecular formula is C15H21N3O2. The maximum Gasteiger partial charge on any atom is 0.273 e. The lowest BCUT2D eigenvalue weighted by atomic mass is 9.99. The molecule has 3 rings (SSSR count). The Morgan fingerprint density at radius 2 is 2.15 bits per heavy atom. The smallest absolute Gasteiger partial charge is 0.273 e. The van der Waals surface area contributed by atoms with Gasteiger partial charge in [-0.1, -0.05) is 0 Å². The molecule has 2 unspecified atom stereocenters. The minimum Gasteiger partial charge on any atom is -0.393 e. The number of aromatic nitrogens is 1. The summed E-state index contributed by atoms with van der Waals surface area (Å²) < 4.78 is 0. The highest BCUT2D eigenvalue weighted by Crippen LogP contribution is 2.36. The summed E-state index contributed by atoms with van der Waals surface area (Å²) in [5, 5.41) is 13.0. The van der Waals surface area contributed by atoms with Crippen LogP contribution in [0.25, 0.3) is 0 Å². The molecule has 0 radical (unpaired) electrons. The van der Waals surface area contributed by atoms with Crippen molar-refractivity contribution in [2.24, 2.45) is 0 Å². The fourth-order valence-electron chi connectivity index (χ4n) is 3.47. The van der Waals surface area contributed by atoms with Crippen LogP contribution in [0.1, 0.15) is 43.1 Å². The SMILES string of the molecule is CCNc1ccnc(C(=O)N2C3CCC2CC(O)C3)c1. The summed E-state index contributed by atoms with van der Waals surface area (Å²) in [6, 6.07) is 4.05. The zero-order valence-corrected chi connectivity index (χ0v) is 11.7. The Bertz CT molecular complexity index is 492. The Balaban J connectivity index is 1.81. The first-order valence-corrected chi connectivity index (χ1v) is 7.39. The van der Waals surface area contributed by atoms with Gasteiger partial charge in [0.1, 0.15) is 5.69 Å². The lowest BCUT2D eigenvalue weighted by Gasteiger charge is -2.37. The van der Waals surface area contributed by atoms with Gasteiger partial charge >= 0.3 is 0 Å². The molecule has 108 valence electrons. The van der Waals surface area contributed by atoms with Gasteiger partial charge in [0.05, 0.1) is 6.10 Å². The predicted molar refractivity (Wildman–Crippen MR) is 76.6 cm³/mol. The number of carbonyl (C=O) groups is 1. The van der Waals surface area contributed by atoms with E-state index >= 15 is 0 Å². The number of carbonyl (C=O) groups excluding carboxylic acids is 1. The Hall–Kier alpha value is -1.62. The van der Waals surface area contributed by atoms with Crippen molar-refractivity contribution in [1.82, 2.24) is 9.88 Å². The molecule has 2 saturated heterocycles. The number of hydrogen-bond donors (Lipinski definition) is 2. The van der Waals surface area contributed by atoms with E-state index in [2.05, 4.69) is 10.3 Å². The van der Waals surface area contributed by atoms with Crippen molar-refractivity contribution >= 4 is 11.6 Å². The number of hydrogen-bond acceptors (Lipinski definition) is 4. The molecular weight excluding hydrogens is 254 g/mol. The highest BCUT2D eigenvalue weighted by Gasteiger charge is 2.43. The Kier molecular flexibility index (Phi) is 3.61. The van der Waals surface area contributed by atoms with E-state index in [1.165, 1.54) is 0 Å². The number of nitrogens with zero attached hydrogens (tertiary/aromatic N) is 2. The number of fused-ring (bicyclic) bond motifs is 2. The lowest BCUT2D eigenvalue weighted by molar-refractivity contribution is 0.0282. The number of nitrogens with one attached hydrogen (secondary N) is 1. The highest BCUT2D eigenvalue weighted by atomic mass is 16.3.